The fourth-order valence-corrected chi connectivity index (χ4v) is 3.45. The van der Waals surface area contributed by atoms with Crippen molar-refractivity contribution >= 4 is 29.0 Å². The zero-order chi connectivity index (χ0) is 15.2. The molecule has 0 fully saturated rings. The van der Waals surface area contributed by atoms with Crippen LogP contribution in [-0.4, -0.2) is 5.91 Å². The maximum Gasteiger partial charge on any atom is 0.418 e. The van der Waals surface area contributed by atoms with Crippen LogP contribution in [0, 0.1) is 0 Å². The molecule has 1 aliphatic rings. The number of amides is 1. The van der Waals surface area contributed by atoms with E-state index in [4.69, 9.17) is 0 Å². The van der Waals surface area contributed by atoms with Crippen LogP contribution in [-0.2, 0) is 11.0 Å². The van der Waals surface area contributed by atoms with E-state index in [-0.39, 0.29) is 5.69 Å². The maximum atomic E-state index is 13.2. The van der Waals surface area contributed by atoms with Crippen LogP contribution in [0.2, 0.25) is 0 Å². The lowest BCUT2D eigenvalue weighted by Gasteiger charge is -2.32. The third-order valence-electron chi connectivity index (χ3n) is 3.17. The van der Waals surface area contributed by atoms with Gasteiger partial charge in [-0.25, -0.2) is 0 Å². The minimum atomic E-state index is -4.51. The highest BCUT2D eigenvalue weighted by Gasteiger charge is 2.39. The zero-order valence-corrected chi connectivity index (χ0v) is 11.8. The topological polar surface area (TPSA) is 20.3 Å². The molecule has 0 saturated carbocycles. The summed E-state index contributed by atoms with van der Waals surface area (Å²) in [6, 6.07) is 10.9. The molecule has 0 N–H and O–H groups in total. The average Bonchev–Trinajstić information content (AvgIpc) is 2.42. The number of carbonyl (C=O) groups is 1. The van der Waals surface area contributed by atoms with Gasteiger partial charge in [0.2, 0.25) is 5.91 Å². The third kappa shape index (κ3) is 2.29. The second-order valence-corrected chi connectivity index (χ2v) is 5.66. The molecule has 0 aromatic heterocycles. The highest BCUT2D eigenvalue weighted by Crippen LogP contribution is 2.52. The van der Waals surface area contributed by atoms with Crippen molar-refractivity contribution < 1.29 is 18.0 Å². The monoisotopic (exact) mass is 309 g/mol. The molecule has 1 heterocycles. The van der Waals surface area contributed by atoms with Crippen molar-refractivity contribution in [2.75, 3.05) is 4.90 Å². The fraction of sp³-hybridized carbons (Fsp3) is 0.133. The highest BCUT2D eigenvalue weighted by atomic mass is 32.2. The van der Waals surface area contributed by atoms with Gasteiger partial charge in [0.15, 0.2) is 0 Å². The van der Waals surface area contributed by atoms with Crippen molar-refractivity contribution in [1.29, 1.82) is 0 Å². The van der Waals surface area contributed by atoms with Crippen LogP contribution in [0.4, 0.5) is 24.5 Å². The number of halogens is 3. The molecule has 0 atom stereocenters. The smallest absolute Gasteiger partial charge is 0.278 e. The van der Waals surface area contributed by atoms with E-state index in [0.717, 1.165) is 15.9 Å². The molecule has 0 aliphatic carbocycles. The highest BCUT2D eigenvalue weighted by molar-refractivity contribution is 7.99. The van der Waals surface area contributed by atoms with Crippen LogP contribution < -0.4 is 4.90 Å². The van der Waals surface area contributed by atoms with E-state index >= 15 is 0 Å². The first-order chi connectivity index (χ1) is 9.89. The molecule has 0 saturated heterocycles. The largest absolute Gasteiger partial charge is 0.418 e. The number of rotatable bonds is 0. The number of para-hydroxylation sites is 2. The van der Waals surface area contributed by atoms with Gasteiger partial charge in [-0.3, -0.25) is 9.69 Å². The molecule has 0 radical (unpaired) electrons. The zero-order valence-electron chi connectivity index (χ0n) is 10.9. The van der Waals surface area contributed by atoms with E-state index in [1.165, 1.54) is 24.8 Å². The summed E-state index contributed by atoms with van der Waals surface area (Å²) < 4.78 is 39.7. The lowest BCUT2D eigenvalue weighted by Crippen LogP contribution is -2.28. The van der Waals surface area contributed by atoms with Crippen molar-refractivity contribution in [3.63, 3.8) is 0 Å². The number of hydrogen-bond acceptors (Lipinski definition) is 2. The molecule has 2 aromatic carbocycles. The molecular formula is C15H10F3NOS. The molecule has 1 aliphatic heterocycles. The molecule has 21 heavy (non-hydrogen) atoms. The van der Waals surface area contributed by atoms with Gasteiger partial charge in [0.1, 0.15) is 0 Å². The lowest BCUT2D eigenvalue weighted by molar-refractivity contribution is -0.137. The van der Waals surface area contributed by atoms with E-state index in [2.05, 4.69) is 0 Å². The summed E-state index contributed by atoms with van der Waals surface area (Å²) in [5.41, 5.74) is -0.391. The molecule has 2 nitrogen and oxygen atoms in total. The van der Waals surface area contributed by atoms with Crippen LogP contribution >= 0.6 is 11.8 Å². The van der Waals surface area contributed by atoms with Gasteiger partial charge in [-0.15, -0.1) is 0 Å². The van der Waals surface area contributed by atoms with Gasteiger partial charge in [0.25, 0.3) is 0 Å². The quantitative estimate of drug-likeness (QED) is 0.693. The number of carbonyl (C=O) groups excluding carboxylic acids is 1. The summed E-state index contributed by atoms with van der Waals surface area (Å²) in [6.07, 6.45) is -4.51. The molecule has 6 heteroatoms. The molecular weight excluding hydrogens is 299 g/mol. The molecule has 0 unspecified atom stereocenters. The Morgan fingerprint density at radius 1 is 1.05 bits per heavy atom. The molecule has 3 rings (SSSR count). The van der Waals surface area contributed by atoms with Crippen LogP contribution in [0.15, 0.2) is 52.3 Å². The Labute approximate surface area is 123 Å². The first kappa shape index (κ1) is 14.0. The number of benzene rings is 2. The first-order valence-electron chi connectivity index (χ1n) is 6.17. The Hall–Kier alpha value is -1.95. The van der Waals surface area contributed by atoms with Crippen LogP contribution in [0.25, 0.3) is 0 Å². The summed E-state index contributed by atoms with van der Waals surface area (Å²) in [7, 11) is 0. The molecule has 108 valence electrons. The number of nitrogens with zero attached hydrogens (tertiary/aromatic N) is 1. The van der Waals surface area contributed by atoms with E-state index in [0.29, 0.717) is 10.6 Å². The molecule has 1 amide bonds. The van der Waals surface area contributed by atoms with Crippen molar-refractivity contribution in [2.24, 2.45) is 0 Å². The Morgan fingerprint density at radius 3 is 2.38 bits per heavy atom. The lowest BCUT2D eigenvalue weighted by atomic mass is 10.1. The summed E-state index contributed by atoms with van der Waals surface area (Å²) in [4.78, 5) is 14.3. The maximum absolute atomic E-state index is 13.2. The molecule has 0 bridgehead atoms. The van der Waals surface area contributed by atoms with Crippen LogP contribution in [0.1, 0.15) is 12.5 Å². The summed E-state index contributed by atoms with van der Waals surface area (Å²) >= 11 is 1.24. The van der Waals surface area contributed by atoms with Crippen molar-refractivity contribution in [2.45, 2.75) is 22.9 Å². The van der Waals surface area contributed by atoms with Gasteiger partial charge in [0, 0.05) is 16.7 Å². The fourth-order valence-electron chi connectivity index (χ4n) is 2.36. The number of fused-ring (bicyclic) bond motifs is 2. The second-order valence-electron chi connectivity index (χ2n) is 4.57. The van der Waals surface area contributed by atoms with Gasteiger partial charge in [-0.05, 0) is 24.3 Å². The van der Waals surface area contributed by atoms with E-state index in [1.54, 1.807) is 30.3 Å². The van der Waals surface area contributed by atoms with E-state index < -0.39 is 17.6 Å². The minimum absolute atomic E-state index is 0.0822. The summed E-state index contributed by atoms with van der Waals surface area (Å²) in [5.74, 6) is -0.444. The van der Waals surface area contributed by atoms with Gasteiger partial charge in [-0.1, -0.05) is 30.0 Å². The van der Waals surface area contributed by atoms with E-state index in [9.17, 15) is 18.0 Å². The minimum Gasteiger partial charge on any atom is -0.278 e. The summed E-state index contributed by atoms with van der Waals surface area (Å²) in [6.45, 7) is 1.27. The molecule has 2 aromatic rings. The summed E-state index contributed by atoms with van der Waals surface area (Å²) in [5, 5.41) is 0. The Morgan fingerprint density at radius 2 is 1.71 bits per heavy atom. The van der Waals surface area contributed by atoms with Gasteiger partial charge < -0.3 is 0 Å². The van der Waals surface area contributed by atoms with Crippen molar-refractivity contribution in [1.82, 2.24) is 0 Å². The number of hydrogen-bond donors (Lipinski definition) is 0. The Kier molecular flexibility index (Phi) is 3.20. The Balaban J connectivity index is 2.30. The normalized spacial score (nSPS) is 13.6. The predicted molar refractivity (Wildman–Crippen MR) is 74.8 cm³/mol. The Bertz CT molecular complexity index is 727. The third-order valence-corrected chi connectivity index (χ3v) is 4.28. The SMILES string of the molecule is CC(=O)N1c2ccccc2Sc2cccc(C(F)(F)F)c21. The van der Waals surface area contributed by atoms with Crippen molar-refractivity contribution in [3.05, 3.63) is 48.0 Å². The van der Waals surface area contributed by atoms with Gasteiger partial charge >= 0.3 is 6.18 Å². The average molecular weight is 309 g/mol. The van der Waals surface area contributed by atoms with Crippen LogP contribution in [0.5, 0.6) is 0 Å². The van der Waals surface area contributed by atoms with Gasteiger partial charge in [-0.2, -0.15) is 13.2 Å². The predicted octanol–water partition coefficient (Wildman–Crippen LogP) is 4.85. The van der Waals surface area contributed by atoms with Crippen molar-refractivity contribution in [3.8, 4) is 0 Å². The van der Waals surface area contributed by atoms with E-state index in [1.807, 2.05) is 0 Å². The standard InChI is InChI=1S/C15H10F3NOS/c1-9(20)19-11-6-2-3-7-12(11)21-13-8-4-5-10(14(13)19)15(16,17)18/h2-8H,1H3. The second kappa shape index (κ2) is 4.80. The number of anilines is 2. The van der Waals surface area contributed by atoms with Crippen LogP contribution in [0.3, 0.4) is 0 Å². The molecule has 0 spiro atoms. The first-order valence-corrected chi connectivity index (χ1v) is 6.99. The van der Waals surface area contributed by atoms with Gasteiger partial charge in [0.05, 0.1) is 16.9 Å². The number of alkyl halides is 3.